The van der Waals surface area contributed by atoms with E-state index in [4.69, 9.17) is 4.74 Å². The summed E-state index contributed by atoms with van der Waals surface area (Å²) in [5, 5.41) is 2.86. The second-order valence-electron chi connectivity index (χ2n) is 6.88. The second kappa shape index (κ2) is 7.69. The standard InChI is InChI=1S/C19H26N2O3/c1-14-8-10-21(11-9-14)19(23)3-2-12-24-16-5-6-17-15(13-16)4-7-18(22)20-17/h5-6,13-14H,2-4,7-12H2,1H3,(H,20,22). The van der Waals surface area contributed by atoms with Crippen LogP contribution in [0.1, 0.15) is 44.6 Å². The Balaban J connectivity index is 1.40. The summed E-state index contributed by atoms with van der Waals surface area (Å²) in [6, 6.07) is 5.75. The number of rotatable bonds is 5. The zero-order chi connectivity index (χ0) is 16.9. The molecule has 1 aromatic rings. The van der Waals surface area contributed by atoms with Gasteiger partial charge in [0.05, 0.1) is 6.61 Å². The molecular weight excluding hydrogens is 304 g/mol. The van der Waals surface area contributed by atoms with Crippen LogP contribution in [0.2, 0.25) is 0 Å². The van der Waals surface area contributed by atoms with E-state index < -0.39 is 0 Å². The Labute approximate surface area is 143 Å². The number of hydrogen-bond donors (Lipinski definition) is 1. The van der Waals surface area contributed by atoms with Crippen molar-refractivity contribution in [1.29, 1.82) is 0 Å². The Kier molecular flexibility index (Phi) is 5.38. The number of amides is 2. The number of likely N-dealkylation sites (tertiary alicyclic amines) is 1. The van der Waals surface area contributed by atoms with Gasteiger partial charge in [-0.25, -0.2) is 0 Å². The Morgan fingerprint density at radius 1 is 1.29 bits per heavy atom. The van der Waals surface area contributed by atoms with Crippen LogP contribution >= 0.6 is 0 Å². The largest absolute Gasteiger partial charge is 0.494 e. The quantitative estimate of drug-likeness (QED) is 0.844. The van der Waals surface area contributed by atoms with Gasteiger partial charge in [-0.2, -0.15) is 0 Å². The zero-order valence-electron chi connectivity index (χ0n) is 14.3. The molecule has 1 saturated heterocycles. The molecule has 0 atom stereocenters. The molecule has 2 aliphatic heterocycles. The average molecular weight is 330 g/mol. The first-order valence-corrected chi connectivity index (χ1v) is 8.95. The van der Waals surface area contributed by atoms with Gasteiger partial charge in [0, 0.05) is 31.6 Å². The summed E-state index contributed by atoms with van der Waals surface area (Å²) in [5.74, 6) is 1.87. The van der Waals surface area contributed by atoms with Gasteiger partial charge in [0.2, 0.25) is 11.8 Å². The first-order chi connectivity index (χ1) is 11.6. The molecule has 0 unspecified atom stereocenters. The Bertz CT molecular complexity index is 607. The highest BCUT2D eigenvalue weighted by Gasteiger charge is 2.19. The van der Waals surface area contributed by atoms with Crippen LogP contribution < -0.4 is 10.1 Å². The predicted octanol–water partition coefficient (Wildman–Crippen LogP) is 2.99. The zero-order valence-corrected chi connectivity index (χ0v) is 14.3. The molecule has 0 saturated carbocycles. The molecule has 24 heavy (non-hydrogen) atoms. The van der Waals surface area contributed by atoms with E-state index in [1.807, 2.05) is 23.1 Å². The van der Waals surface area contributed by atoms with Crippen LogP contribution in [0.15, 0.2) is 18.2 Å². The maximum Gasteiger partial charge on any atom is 0.224 e. The van der Waals surface area contributed by atoms with Crippen molar-refractivity contribution in [2.45, 2.75) is 45.4 Å². The molecule has 1 N–H and O–H groups in total. The van der Waals surface area contributed by atoms with E-state index in [-0.39, 0.29) is 11.8 Å². The van der Waals surface area contributed by atoms with E-state index in [1.165, 1.54) is 0 Å². The van der Waals surface area contributed by atoms with E-state index in [9.17, 15) is 9.59 Å². The summed E-state index contributed by atoms with van der Waals surface area (Å²) in [5.41, 5.74) is 2.00. The van der Waals surface area contributed by atoms with Gasteiger partial charge < -0.3 is 15.0 Å². The predicted molar refractivity (Wildman–Crippen MR) is 93.1 cm³/mol. The molecular formula is C19H26N2O3. The Morgan fingerprint density at radius 2 is 2.08 bits per heavy atom. The fourth-order valence-electron chi connectivity index (χ4n) is 3.28. The van der Waals surface area contributed by atoms with E-state index in [1.54, 1.807) is 0 Å². The van der Waals surface area contributed by atoms with Crippen LogP contribution in [0.25, 0.3) is 0 Å². The van der Waals surface area contributed by atoms with Crippen LogP contribution in [-0.2, 0) is 16.0 Å². The molecule has 0 radical (unpaired) electrons. The SMILES string of the molecule is CC1CCN(C(=O)CCCOc2ccc3c(c2)CCC(=O)N3)CC1. The van der Waals surface area contributed by atoms with Crippen molar-refractivity contribution in [3.8, 4) is 5.75 Å². The fourth-order valence-corrected chi connectivity index (χ4v) is 3.28. The third kappa shape index (κ3) is 4.28. The van der Waals surface area contributed by atoms with Gasteiger partial charge in [0.25, 0.3) is 0 Å². The van der Waals surface area contributed by atoms with Crippen LogP contribution in [0, 0.1) is 5.92 Å². The summed E-state index contributed by atoms with van der Waals surface area (Å²) < 4.78 is 5.77. The number of nitrogens with zero attached hydrogens (tertiary/aromatic N) is 1. The minimum Gasteiger partial charge on any atom is -0.494 e. The molecule has 2 heterocycles. The summed E-state index contributed by atoms with van der Waals surface area (Å²) in [7, 11) is 0. The molecule has 0 aromatic heterocycles. The van der Waals surface area contributed by atoms with Crippen LogP contribution in [-0.4, -0.2) is 36.4 Å². The smallest absolute Gasteiger partial charge is 0.224 e. The number of piperidine rings is 1. The molecule has 2 aliphatic rings. The molecule has 5 heteroatoms. The van der Waals surface area contributed by atoms with Gasteiger partial charge in [-0.3, -0.25) is 9.59 Å². The Morgan fingerprint density at radius 3 is 2.88 bits per heavy atom. The highest BCUT2D eigenvalue weighted by atomic mass is 16.5. The number of carbonyl (C=O) groups is 2. The highest BCUT2D eigenvalue weighted by Crippen LogP contribution is 2.27. The van der Waals surface area contributed by atoms with E-state index in [0.29, 0.717) is 19.4 Å². The van der Waals surface area contributed by atoms with Crippen molar-refractivity contribution in [2.24, 2.45) is 5.92 Å². The maximum atomic E-state index is 12.2. The van der Waals surface area contributed by atoms with Crippen LogP contribution in [0.3, 0.4) is 0 Å². The van der Waals surface area contributed by atoms with E-state index in [2.05, 4.69) is 12.2 Å². The average Bonchev–Trinajstić information content (AvgIpc) is 2.59. The second-order valence-corrected chi connectivity index (χ2v) is 6.88. The number of benzene rings is 1. The number of ether oxygens (including phenoxy) is 1. The molecule has 3 rings (SSSR count). The van der Waals surface area contributed by atoms with Gasteiger partial charge in [-0.05, 0) is 55.4 Å². The number of carbonyl (C=O) groups excluding carboxylic acids is 2. The minimum atomic E-state index is 0.0711. The lowest BCUT2D eigenvalue weighted by atomic mass is 9.99. The lowest BCUT2D eigenvalue weighted by Gasteiger charge is -2.30. The third-order valence-electron chi connectivity index (χ3n) is 4.91. The van der Waals surface area contributed by atoms with E-state index >= 15 is 0 Å². The minimum absolute atomic E-state index is 0.0711. The lowest BCUT2D eigenvalue weighted by Crippen LogP contribution is -2.37. The summed E-state index contributed by atoms with van der Waals surface area (Å²) in [6.07, 6.45) is 4.81. The molecule has 0 aliphatic carbocycles. The summed E-state index contributed by atoms with van der Waals surface area (Å²) in [6.45, 7) is 4.59. The van der Waals surface area contributed by atoms with Gasteiger partial charge in [-0.1, -0.05) is 6.92 Å². The van der Waals surface area contributed by atoms with E-state index in [0.717, 1.165) is 61.7 Å². The molecule has 130 valence electrons. The molecule has 1 aromatic carbocycles. The molecule has 5 nitrogen and oxygen atoms in total. The van der Waals surface area contributed by atoms with Crippen molar-refractivity contribution >= 4 is 17.5 Å². The fraction of sp³-hybridized carbons (Fsp3) is 0.579. The van der Waals surface area contributed by atoms with Crippen molar-refractivity contribution in [1.82, 2.24) is 4.90 Å². The number of fused-ring (bicyclic) bond motifs is 1. The van der Waals surface area contributed by atoms with Gasteiger partial charge >= 0.3 is 0 Å². The number of hydrogen-bond acceptors (Lipinski definition) is 3. The van der Waals surface area contributed by atoms with Crippen LogP contribution in [0.5, 0.6) is 5.75 Å². The molecule has 1 fully saturated rings. The summed E-state index contributed by atoms with van der Waals surface area (Å²) in [4.78, 5) is 25.5. The van der Waals surface area contributed by atoms with Crippen molar-refractivity contribution in [2.75, 3.05) is 25.0 Å². The lowest BCUT2D eigenvalue weighted by molar-refractivity contribution is -0.132. The Hall–Kier alpha value is -2.04. The maximum absolute atomic E-state index is 12.2. The van der Waals surface area contributed by atoms with Crippen molar-refractivity contribution < 1.29 is 14.3 Å². The topological polar surface area (TPSA) is 58.6 Å². The number of aryl methyl sites for hydroxylation is 1. The monoisotopic (exact) mass is 330 g/mol. The molecule has 0 bridgehead atoms. The normalized spacial score (nSPS) is 18.0. The van der Waals surface area contributed by atoms with Crippen molar-refractivity contribution in [3.05, 3.63) is 23.8 Å². The van der Waals surface area contributed by atoms with Gasteiger partial charge in [-0.15, -0.1) is 0 Å². The first-order valence-electron chi connectivity index (χ1n) is 8.95. The van der Waals surface area contributed by atoms with Crippen molar-refractivity contribution in [3.63, 3.8) is 0 Å². The first kappa shape index (κ1) is 16.8. The number of anilines is 1. The molecule has 0 spiro atoms. The summed E-state index contributed by atoms with van der Waals surface area (Å²) >= 11 is 0. The van der Waals surface area contributed by atoms with Crippen LogP contribution in [0.4, 0.5) is 5.69 Å². The highest BCUT2D eigenvalue weighted by molar-refractivity contribution is 5.94. The third-order valence-corrected chi connectivity index (χ3v) is 4.91. The van der Waals surface area contributed by atoms with Gasteiger partial charge in [0.15, 0.2) is 0 Å². The molecule has 2 amide bonds. The van der Waals surface area contributed by atoms with Gasteiger partial charge in [0.1, 0.15) is 5.75 Å². The number of nitrogens with one attached hydrogen (secondary N) is 1.